The molecule has 1 aromatic rings. The van der Waals surface area contributed by atoms with Crippen LogP contribution in [0.1, 0.15) is 12.5 Å². The Kier molecular flexibility index (Phi) is 3.56. The van der Waals surface area contributed by atoms with Crippen LogP contribution in [0, 0.1) is 0 Å². The van der Waals surface area contributed by atoms with Crippen LogP contribution >= 0.6 is 27.5 Å². The Morgan fingerprint density at radius 3 is 2.75 bits per heavy atom. The van der Waals surface area contributed by atoms with Crippen molar-refractivity contribution in [3.05, 3.63) is 33.3 Å². The van der Waals surface area contributed by atoms with Crippen LogP contribution in [0.5, 0.6) is 0 Å². The molecule has 0 amide bonds. The predicted octanol–water partition coefficient (Wildman–Crippen LogP) is 2.99. The summed E-state index contributed by atoms with van der Waals surface area (Å²) in [6.07, 6.45) is 0.826. The van der Waals surface area contributed by atoms with Crippen LogP contribution in [0.3, 0.4) is 0 Å². The lowest BCUT2D eigenvalue weighted by Crippen LogP contribution is -2.17. The zero-order valence-corrected chi connectivity index (χ0v) is 9.19. The first-order chi connectivity index (χ1) is 5.59. The summed E-state index contributed by atoms with van der Waals surface area (Å²) in [4.78, 5) is 0. The van der Waals surface area contributed by atoms with Crippen molar-refractivity contribution in [1.29, 1.82) is 0 Å². The SMILES string of the molecule is C[C@H](N)Cc1ccc(Br)cc1Cl. The van der Waals surface area contributed by atoms with E-state index >= 15 is 0 Å². The van der Waals surface area contributed by atoms with Gasteiger partial charge in [0, 0.05) is 15.5 Å². The van der Waals surface area contributed by atoms with Gasteiger partial charge in [0.25, 0.3) is 0 Å². The van der Waals surface area contributed by atoms with Crippen LogP contribution in [0.2, 0.25) is 5.02 Å². The van der Waals surface area contributed by atoms with Gasteiger partial charge in [0.15, 0.2) is 0 Å². The third kappa shape index (κ3) is 2.77. The van der Waals surface area contributed by atoms with Crippen molar-refractivity contribution >= 4 is 27.5 Å². The first-order valence-electron chi connectivity index (χ1n) is 3.79. The van der Waals surface area contributed by atoms with E-state index < -0.39 is 0 Å². The van der Waals surface area contributed by atoms with Gasteiger partial charge in [-0.2, -0.15) is 0 Å². The second-order valence-electron chi connectivity index (χ2n) is 2.92. The molecule has 3 heteroatoms. The predicted molar refractivity (Wildman–Crippen MR) is 56.5 cm³/mol. The Balaban J connectivity index is 2.86. The number of hydrogen-bond acceptors (Lipinski definition) is 1. The minimum Gasteiger partial charge on any atom is -0.328 e. The Labute approximate surface area is 86.0 Å². The molecule has 0 unspecified atom stereocenters. The lowest BCUT2D eigenvalue weighted by Gasteiger charge is -2.07. The van der Waals surface area contributed by atoms with E-state index in [1.54, 1.807) is 0 Å². The highest BCUT2D eigenvalue weighted by molar-refractivity contribution is 9.10. The molecule has 0 radical (unpaired) electrons. The van der Waals surface area contributed by atoms with Gasteiger partial charge in [0.2, 0.25) is 0 Å². The van der Waals surface area contributed by atoms with E-state index in [1.807, 2.05) is 25.1 Å². The molecule has 0 fully saturated rings. The molecular weight excluding hydrogens is 237 g/mol. The second-order valence-corrected chi connectivity index (χ2v) is 4.24. The number of halogens is 2. The zero-order valence-electron chi connectivity index (χ0n) is 6.85. The molecule has 0 heterocycles. The monoisotopic (exact) mass is 247 g/mol. The van der Waals surface area contributed by atoms with Crippen LogP contribution < -0.4 is 5.73 Å². The third-order valence-corrected chi connectivity index (χ3v) is 2.40. The fraction of sp³-hybridized carbons (Fsp3) is 0.333. The average molecular weight is 249 g/mol. The maximum atomic E-state index is 5.99. The van der Waals surface area contributed by atoms with Crippen molar-refractivity contribution in [2.45, 2.75) is 19.4 Å². The van der Waals surface area contributed by atoms with Crippen molar-refractivity contribution < 1.29 is 0 Å². The lowest BCUT2D eigenvalue weighted by molar-refractivity contribution is 0.738. The Morgan fingerprint density at radius 1 is 1.58 bits per heavy atom. The minimum atomic E-state index is 0.156. The van der Waals surface area contributed by atoms with Crippen molar-refractivity contribution in [2.24, 2.45) is 5.73 Å². The van der Waals surface area contributed by atoms with Crippen molar-refractivity contribution in [3.8, 4) is 0 Å². The van der Waals surface area contributed by atoms with Crippen molar-refractivity contribution in [2.75, 3.05) is 0 Å². The van der Waals surface area contributed by atoms with Gasteiger partial charge in [-0.3, -0.25) is 0 Å². The molecule has 0 spiro atoms. The molecule has 66 valence electrons. The van der Waals surface area contributed by atoms with Gasteiger partial charge in [-0.15, -0.1) is 0 Å². The molecule has 0 aromatic heterocycles. The van der Waals surface area contributed by atoms with Crippen LogP contribution in [-0.2, 0) is 6.42 Å². The fourth-order valence-electron chi connectivity index (χ4n) is 1.03. The molecule has 0 saturated heterocycles. The highest BCUT2D eigenvalue weighted by atomic mass is 79.9. The smallest absolute Gasteiger partial charge is 0.0449 e. The molecule has 0 aliphatic carbocycles. The quantitative estimate of drug-likeness (QED) is 0.855. The van der Waals surface area contributed by atoms with E-state index in [0.717, 1.165) is 21.5 Å². The van der Waals surface area contributed by atoms with Gasteiger partial charge >= 0.3 is 0 Å². The van der Waals surface area contributed by atoms with Crippen LogP contribution in [0.15, 0.2) is 22.7 Å². The van der Waals surface area contributed by atoms with E-state index in [2.05, 4.69) is 15.9 Å². The standard InChI is InChI=1S/C9H11BrClN/c1-6(12)4-7-2-3-8(10)5-9(7)11/h2-3,5-6H,4,12H2,1H3/t6-/m0/s1. The van der Waals surface area contributed by atoms with Gasteiger partial charge in [0.05, 0.1) is 0 Å². The normalized spacial score (nSPS) is 13.0. The lowest BCUT2D eigenvalue weighted by atomic mass is 10.1. The first kappa shape index (κ1) is 10.0. The second kappa shape index (κ2) is 4.26. The van der Waals surface area contributed by atoms with Crippen molar-refractivity contribution in [1.82, 2.24) is 0 Å². The van der Waals surface area contributed by atoms with Crippen LogP contribution in [-0.4, -0.2) is 6.04 Å². The number of nitrogens with two attached hydrogens (primary N) is 1. The summed E-state index contributed by atoms with van der Waals surface area (Å²) >= 11 is 9.33. The van der Waals surface area contributed by atoms with E-state index in [0.29, 0.717) is 0 Å². The fourth-order valence-corrected chi connectivity index (χ4v) is 1.78. The number of hydrogen-bond donors (Lipinski definition) is 1. The topological polar surface area (TPSA) is 26.0 Å². The van der Waals surface area contributed by atoms with Gasteiger partial charge in [0.1, 0.15) is 0 Å². The molecule has 0 bridgehead atoms. The number of benzene rings is 1. The van der Waals surface area contributed by atoms with Gasteiger partial charge in [-0.1, -0.05) is 33.6 Å². The largest absolute Gasteiger partial charge is 0.328 e. The summed E-state index contributed by atoms with van der Waals surface area (Å²) in [5, 5.41) is 0.779. The summed E-state index contributed by atoms with van der Waals surface area (Å²) in [7, 11) is 0. The maximum absolute atomic E-state index is 5.99. The molecule has 1 nitrogen and oxygen atoms in total. The van der Waals surface area contributed by atoms with Gasteiger partial charge in [-0.25, -0.2) is 0 Å². The molecule has 1 aromatic carbocycles. The Hall–Kier alpha value is -0.0500. The molecule has 12 heavy (non-hydrogen) atoms. The molecular formula is C9H11BrClN. The number of rotatable bonds is 2. The first-order valence-corrected chi connectivity index (χ1v) is 4.96. The maximum Gasteiger partial charge on any atom is 0.0449 e. The average Bonchev–Trinajstić information content (AvgIpc) is 1.94. The van der Waals surface area contributed by atoms with E-state index in [-0.39, 0.29) is 6.04 Å². The Bertz CT molecular complexity index is 273. The molecule has 1 rings (SSSR count). The Morgan fingerprint density at radius 2 is 2.25 bits per heavy atom. The van der Waals surface area contributed by atoms with Crippen molar-refractivity contribution in [3.63, 3.8) is 0 Å². The van der Waals surface area contributed by atoms with Crippen LogP contribution in [0.4, 0.5) is 0 Å². The molecule has 0 saturated carbocycles. The molecule has 2 N–H and O–H groups in total. The van der Waals surface area contributed by atoms with Crippen LogP contribution in [0.25, 0.3) is 0 Å². The minimum absolute atomic E-state index is 0.156. The van der Waals surface area contributed by atoms with E-state index in [4.69, 9.17) is 17.3 Å². The summed E-state index contributed by atoms with van der Waals surface area (Å²) in [5.74, 6) is 0. The van der Waals surface area contributed by atoms with E-state index in [9.17, 15) is 0 Å². The van der Waals surface area contributed by atoms with Gasteiger partial charge in [-0.05, 0) is 31.0 Å². The van der Waals surface area contributed by atoms with Gasteiger partial charge < -0.3 is 5.73 Å². The summed E-state index contributed by atoms with van der Waals surface area (Å²) in [6.45, 7) is 1.97. The van der Waals surface area contributed by atoms with E-state index in [1.165, 1.54) is 0 Å². The molecule has 1 atom stereocenters. The molecule has 0 aliphatic heterocycles. The highest BCUT2D eigenvalue weighted by Gasteiger charge is 2.02. The summed E-state index contributed by atoms with van der Waals surface area (Å²) < 4.78 is 1.00. The zero-order chi connectivity index (χ0) is 9.14. The molecule has 0 aliphatic rings. The summed E-state index contributed by atoms with van der Waals surface area (Å²) in [6, 6.07) is 6.02. The summed E-state index contributed by atoms with van der Waals surface area (Å²) in [5.41, 5.74) is 6.77. The highest BCUT2D eigenvalue weighted by Crippen LogP contribution is 2.21. The third-order valence-electron chi connectivity index (χ3n) is 1.56.